The molecule has 0 aromatic heterocycles. The van der Waals surface area contributed by atoms with Crippen LogP contribution in [-0.4, -0.2) is 47.5 Å². The van der Waals surface area contributed by atoms with Crippen LogP contribution in [-0.2, 0) is 25.2 Å². The Balaban J connectivity index is 1.27. The SMILES string of the molecule is CC1(C)C(/C=C/C=C/C=C/C=C2/N(CCOC=O)c3ccc4ccccc4c3C2(C)C)=[N+](CCC(=O)O)c2ccc3ccccc3c21. The Hall–Kier alpha value is -5.23. The number of aliphatic carboxylic acids is 1. The summed E-state index contributed by atoms with van der Waals surface area (Å²) < 4.78 is 7.26. The van der Waals surface area contributed by atoms with E-state index in [1.165, 1.54) is 32.7 Å². The normalized spacial score (nSPS) is 17.5. The fraction of sp³-hybridized carbons (Fsp3) is 0.244. The Morgan fingerprint density at radius 1 is 0.809 bits per heavy atom. The van der Waals surface area contributed by atoms with Crippen LogP contribution < -0.4 is 4.90 Å². The number of carbonyl (C=O) groups is 2. The van der Waals surface area contributed by atoms with Crippen LogP contribution in [0.15, 0.2) is 121 Å². The van der Waals surface area contributed by atoms with Crippen LogP contribution in [0, 0.1) is 0 Å². The van der Waals surface area contributed by atoms with Gasteiger partial charge >= 0.3 is 5.97 Å². The Morgan fingerprint density at radius 2 is 1.45 bits per heavy atom. The molecule has 0 saturated carbocycles. The summed E-state index contributed by atoms with van der Waals surface area (Å²) in [5, 5.41) is 14.3. The molecule has 0 atom stereocenters. The van der Waals surface area contributed by atoms with Gasteiger partial charge in [-0.25, -0.2) is 0 Å². The highest BCUT2D eigenvalue weighted by Crippen LogP contribution is 2.50. The van der Waals surface area contributed by atoms with E-state index in [-0.39, 0.29) is 17.3 Å². The zero-order valence-electron chi connectivity index (χ0n) is 27.4. The van der Waals surface area contributed by atoms with Gasteiger partial charge in [-0.05, 0) is 59.2 Å². The van der Waals surface area contributed by atoms with E-state index in [0.29, 0.717) is 26.2 Å². The second-order valence-electron chi connectivity index (χ2n) is 13.1. The van der Waals surface area contributed by atoms with Gasteiger partial charge in [0.2, 0.25) is 5.69 Å². The van der Waals surface area contributed by atoms with E-state index >= 15 is 0 Å². The predicted octanol–water partition coefficient (Wildman–Crippen LogP) is 8.37. The van der Waals surface area contributed by atoms with E-state index in [0.717, 1.165) is 22.8 Å². The second-order valence-corrected chi connectivity index (χ2v) is 13.1. The third-order valence-electron chi connectivity index (χ3n) is 9.51. The summed E-state index contributed by atoms with van der Waals surface area (Å²) in [6.07, 6.45) is 14.4. The molecule has 0 amide bonds. The van der Waals surface area contributed by atoms with Crippen LogP contribution in [0.5, 0.6) is 0 Å². The third kappa shape index (κ3) is 5.80. The number of benzene rings is 4. The Kier molecular flexibility index (Phi) is 8.69. The number of allylic oxidation sites excluding steroid dienone is 8. The van der Waals surface area contributed by atoms with Crippen molar-refractivity contribution in [1.82, 2.24) is 0 Å². The van der Waals surface area contributed by atoms with Crippen molar-refractivity contribution in [3.63, 3.8) is 0 Å². The van der Waals surface area contributed by atoms with Crippen molar-refractivity contribution < 1.29 is 24.0 Å². The topological polar surface area (TPSA) is 69.8 Å². The number of fused-ring (bicyclic) bond motifs is 6. The average molecular weight is 626 g/mol. The average Bonchev–Trinajstić information content (AvgIpc) is 3.41. The molecule has 0 aliphatic carbocycles. The molecule has 47 heavy (non-hydrogen) atoms. The summed E-state index contributed by atoms with van der Waals surface area (Å²) in [4.78, 5) is 24.7. The maximum Gasteiger partial charge on any atom is 0.309 e. The Labute approximate surface area is 276 Å². The molecule has 0 fully saturated rings. The van der Waals surface area contributed by atoms with Crippen LogP contribution in [0.1, 0.15) is 45.2 Å². The minimum Gasteiger partial charge on any atom is -0.481 e. The lowest BCUT2D eigenvalue weighted by molar-refractivity contribution is -0.436. The number of ether oxygens (including phenoxy) is 1. The number of nitrogens with zero attached hydrogens (tertiary/aromatic N) is 2. The van der Waals surface area contributed by atoms with Crippen LogP contribution in [0.2, 0.25) is 0 Å². The van der Waals surface area contributed by atoms with Crippen molar-refractivity contribution in [2.45, 2.75) is 44.9 Å². The van der Waals surface area contributed by atoms with Crippen LogP contribution >= 0.6 is 0 Å². The monoisotopic (exact) mass is 625 g/mol. The maximum absolute atomic E-state index is 11.6. The van der Waals surface area contributed by atoms with Gasteiger partial charge in [0.25, 0.3) is 6.47 Å². The maximum atomic E-state index is 11.6. The first-order valence-corrected chi connectivity index (χ1v) is 16.1. The summed E-state index contributed by atoms with van der Waals surface area (Å²) in [6.45, 7) is 10.7. The minimum atomic E-state index is -0.809. The second kappa shape index (κ2) is 12.9. The van der Waals surface area contributed by atoms with Crippen molar-refractivity contribution in [2.24, 2.45) is 0 Å². The molecule has 2 aliphatic rings. The summed E-state index contributed by atoms with van der Waals surface area (Å²) in [6, 6.07) is 25.4. The Bertz CT molecular complexity index is 2030. The summed E-state index contributed by atoms with van der Waals surface area (Å²) >= 11 is 0. The van der Waals surface area contributed by atoms with E-state index in [2.05, 4.69) is 122 Å². The van der Waals surface area contributed by atoms with E-state index in [1.807, 2.05) is 30.4 Å². The molecule has 0 saturated heterocycles. The minimum absolute atomic E-state index is 0.0568. The van der Waals surface area contributed by atoms with E-state index in [4.69, 9.17) is 4.74 Å². The lowest BCUT2D eigenvalue weighted by Gasteiger charge is -2.26. The lowest BCUT2D eigenvalue weighted by Crippen LogP contribution is -2.29. The number of anilines is 1. The number of rotatable bonds is 11. The van der Waals surface area contributed by atoms with Crippen LogP contribution in [0.4, 0.5) is 11.4 Å². The third-order valence-corrected chi connectivity index (χ3v) is 9.51. The number of carboxylic acids is 1. The van der Waals surface area contributed by atoms with E-state index < -0.39 is 5.97 Å². The first-order chi connectivity index (χ1) is 22.7. The molecular weight excluding hydrogens is 584 g/mol. The summed E-state index contributed by atoms with van der Waals surface area (Å²) in [5.74, 6) is -0.809. The fourth-order valence-electron chi connectivity index (χ4n) is 7.44. The summed E-state index contributed by atoms with van der Waals surface area (Å²) in [7, 11) is 0. The molecule has 6 rings (SSSR count). The standard InChI is InChI=1S/C41H40N2O4/c1-40(2)35(42(25-24-37(45)46)33-22-20-29-14-10-12-16-31(29)38(33)40)18-8-6-5-7-9-19-36-41(3,4)39-32-17-13-11-15-30(32)21-23-34(39)43(36)26-27-47-28-44/h5-23,28H,24-27H2,1-4H3/p+1. The molecule has 2 heterocycles. The molecule has 0 radical (unpaired) electrons. The predicted molar refractivity (Wildman–Crippen MR) is 191 cm³/mol. The largest absolute Gasteiger partial charge is 0.481 e. The van der Waals surface area contributed by atoms with Gasteiger partial charge < -0.3 is 14.7 Å². The van der Waals surface area contributed by atoms with E-state index in [1.54, 1.807) is 0 Å². The van der Waals surface area contributed by atoms with Gasteiger partial charge in [0.1, 0.15) is 13.0 Å². The number of carbonyl (C=O) groups excluding carboxylic acids is 1. The quantitative estimate of drug-likeness (QED) is 0.0785. The van der Waals surface area contributed by atoms with Crippen molar-refractivity contribution >= 4 is 51.1 Å². The van der Waals surface area contributed by atoms with Crippen molar-refractivity contribution in [2.75, 3.05) is 24.6 Å². The van der Waals surface area contributed by atoms with Gasteiger partial charge in [-0.3, -0.25) is 9.59 Å². The fourth-order valence-corrected chi connectivity index (χ4v) is 7.44. The van der Waals surface area contributed by atoms with Gasteiger partial charge in [-0.1, -0.05) is 98.8 Å². The zero-order valence-corrected chi connectivity index (χ0v) is 27.4. The molecule has 4 aromatic rings. The van der Waals surface area contributed by atoms with Gasteiger partial charge in [0, 0.05) is 34.5 Å². The molecule has 2 aliphatic heterocycles. The summed E-state index contributed by atoms with van der Waals surface area (Å²) in [5.41, 5.74) is 6.37. The van der Waals surface area contributed by atoms with Gasteiger partial charge in [0.05, 0.1) is 12.0 Å². The van der Waals surface area contributed by atoms with Crippen molar-refractivity contribution in [3.05, 3.63) is 132 Å². The van der Waals surface area contributed by atoms with E-state index in [9.17, 15) is 14.7 Å². The first-order valence-electron chi connectivity index (χ1n) is 16.1. The Morgan fingerprint density at radius 3 is 2.15 bits per heavy atom. The molecule has 0 bridgehead atoms. The number of hydrogen-bond acceptors (Lipinski definition) is 4. The lowest BCUT2D eigenvalue weighted by atomic mass is 9.79. The molecule has 6 nitrogen and oxygen atoms in total. The molecule has 238 valence electrons. The molecule has 4 aromatic carbocycles. The van der Waals surface area contributed by atoms with Gasteiger partial charge in [0.15, 0.2) is 12.3 Å². The number of hydrogen-bond donors (Lipinski definition) is 1. The first kappa shape index (κ1) is 31.7. The molecular formula is C41H41N2O4+. The highest BCUT2D eigenvalue weighted by atomic mass is 16.5. The van der Waals surface area contributed by atoms with Crippen LogP contribution in [0.3, 0.4) is 0 Å². The number of carboxylic acid groups (broad SMARTS) is 1. The smallest absolute Gasteiger partial charge is 0.309 e. The molecule has 0 spiro atoms. The van der Waals surface area contributed by atoms with Gasteiger partial charge in [-0.2, -0.15) is 4.58 Å². The highest BCUT2D eigenvalue weighted by Gasteiger charge is 2.45. The highest BCUT2D eigenvalue weighted by molar-refractivity contribution is 6.07. The molecule has 6 heteroatoms. The van der Waals surface area contributed by atoms with Crippen LogP contribution in [0.25, 0.3) is 21.5 Å². The zero-order chi connectivity index (χ0) is 33.2. The molecule has 1 N–H and O–H groups in total. The molecule has 0 unspecified atom stereocenters. The van der Waals surface area contributed by atoms with Crippen molar-refractivity contribution in [1.29, 1.82) is 0 Å². The van der Waals surface area contributed by atoms with Crippen molar-refractivity contribution in [3.8, 4) is 0 Å². The van der Waals surface area contributed by atoms with Gasteiger partial charge in [-0.15, -0.1) is 0 Å².